The van der Waals surface area contributed by atoms with Gasteiger partial charge in [-0.3, -0.25) is 15.4 Å². The average Bonchev–Trinajstić information content (AvgIpc) is 2.26. The summed E-state index contributed by atoms with van der Waals surface area (Å²) < 4.78 is 10.1. The van der Waals surface area contributed by atoms with Gasteiger partial charge < -0.3 is 9.47 Å². The largest absolute Gasteiger partial charge is 0.494 e. The molecule has 0 saturated heterocycles. The number of hydrogen-bond acceptors (Lipinski definition) is 5. The zero-order chi connectivity index (χ0) is 14.6. The Labute approximate surface area is 110 Å². The molecule has 0 aliphatic heterocycles. The van der Waals surface area contributed by atoms with Crippen molar-refractivity contribution >= 4 is 17.5 Å². The van der Waals surface area contributed by atoms with E-state index in [9.17, 15) is 14.9 Å². The summed E-state index contributed by atoms with van der Waals surface area (Å²) in [5.74, 6) is 0.194. The Morgan fingerprint density at radius 3 is 2.47 bits per heavy atom. The summed E-state index contributed by atoms with van der Waals surface area (Å²) in [6, 6.07) is 3.89. The summed E-state index contributed by atoms with van der Waals surface area (Å²) >= 11 is 0. The van der Waals surface area contributed by atoms with E-state index in [2.05, 4.69) is 5.32 Å². The first kappa shape index (κ1) is 14.7. The molecule has 7 nitrogen and oxygen atoms in total. The maximum absolute atomic E-state index is 11.6. The number of nitro benzene ring substituents is 1. The summed E-state index contributed by atoms with van der Waals surface area (Å²) in [6.45, 7) is 5.21. The predicted molar refractivity (Wildman–Crippen MR) is 69.5 cm³/mol. The van der Waals surface area contributed by atoms with E-state index in [0.29, 0.717) is 5.69 Å². The van der Waals surface area contributed by atoms with Gasteiger partial charge in [0.1, 0.15) is 11.4 Å². The molecule has 1 N–H and O–H groups in total. The quantitative estimate of drug-likeness (QED) is 0.672. The van der Waals surface area contributed by atoms with Crippen molar-refractivity contribution in [2.45, 2.75) is 26.4 Å². The maximum Gasteiger partial charge on any atom is 0.412 e. The number of rotatable bonds is 3. The fourth-order valence-corrected chi connectivity index (χ4v) is 1.31. The van der Waals surface area contributed by atoms with Crippen LogP contribution < -0.4 is 10.1 Å². The maximum atomic E-state index is 11.6. The van der Waals surface area contributed by atoms with Gasteiger partial charge in [0.25, 0.3) is 5.69 Å². The fraction of sp³-hybridized carbons (Fsp3) is 0.417. The molecule has 0 aliphatic carbocycles. The second kappa shape index (κ2) is 5.55. The highest BCUT2D eigenvalue weighted by Crippen LogP contribution is 2.29. The molecule has 0 atom stereocenters. The van der Waals surface area contributed by atoms with Gasteiger partial charge in [0.2, 0.25) is 0 Å². The monoisotopic (exact) mass is 268 g/mol. The molecule has 0 aliphatic rings. The normalized spacial score (nSPS) is 10.7. The molecule has 0 unspecified atom stereocenters. The van der Waals surface area contributed by atoms with Gasteiger partial charge in [0.05, 0.1) is 23.8 Å². The highest BCUT2D eigenvalue weighted by atomic mass is 16.6. The van der Waals surface area contributed by atoms with E-state index >= 15 is 0 Å². The first-order valence-electron chi connectivity index (χ1n) is 5.55. The standard InChI is InChI=1S/C12H16N2O5/c1-12(2,3)19-11(15)13-9-6-5-8(14(16)17)7-10(9)18-4/h5-7H,1-4H3,(H,13,15). The molecule has 1 rings (SSSR count). The van der Waals surface area contributed by atoms with Gasteiger partial charge in [0.15, 0.2) is 0 Å². The van der Waals surface area contributed by atoms with Crippen LogP contribution in [0.4, 0.5) is 16.2 Å². The van der Waals surface area contributed by atoms with Crippen LogP contribution in [0.2, 0.25) is 0 Å². The summed E-state index contributed by atoms with van der Waals surface area (Å²) in [7, 11) is 1.36. The number of carbonyl (C=O) groups excluding carboxylic acids is 1. The molecular weight excluding hydrogens is 252 g/mol. The summed E-state index contributed by atoms with van der Waals surface area (Å²) in [6.07, 6.45) is -0.653. The molecule has 0 heterocycles. The molecule has 104 valence electrons. The third-order valence-corrected chi connectivity index (χ3v) is 2.03. The van der Waals surface area contributed by atoms with Crippen molar-refractivity contribution in [1.82, 2.24) is 0 Å². The van der Waals surface area contributed by atoms with Crippen LogP contribution in [0.3, 0.4) is 0 Å². The van der Waals surface area contributed by atoms with E-state index in [-0.39, 0.29) is 11.4 Å². The smallest absolute Gasteiger partial charge is 0.412 e. The second-order valence-electron chi connectivity index (χ2n) is 4.77. The molecule has 19 heavy (non-hydrogen) atoms. The fourth-order valence-electron chi connectivity index (χ4n) is 1.31. The number of hydrogen-bond donors (Lipinski definition) is 1. The van der Waals surface area contributed by atoms with Crippen molar-refractivity contribution in [3.63, 3.8) is 0 Å². The van der Waals surface area contributed by atoms with Crippen molar-refractivity contribution in [3.05, 3.63) is 28.3 Å². The van der Waals surface area contributed by atoms with Crippen molar-refractivity contribution in [2.75, 3.05) is 12.4 Å². The number of non-ortho nitro benzene ring substituents is 1. The molecule has 0 spiro atoms. The number of nitro groups is 1. The number of methoxy groups -OCH3 is 1. The zero-order valence-corrected chi connectivity index (χ0v) is 11.2. The van der Waals surface area contributed by atoms with Crippen LogP contribution in [0.5, 0.6) is 5.75 Å². The lowest BCUT2D eigenvalue weighted by atomic mass is 10.2. The molecule has 1 amide bonds. The lowest BCUT2D eigenvalue weighted by molar-refractivity contribution is -0.384. The number of nitrogens with one attached hydrogen (secondary N) is 1. The molecule has 0 aromatic heterocycles. The van der Waals surface area contributed by atoms with E-state index < -0.39 is 16.6 Å². The van der Waals surface area contributed by atoms with Crippen molar-refractivity contribution in [2.24, 2.45) is 0 Å². The number of ether oxygens (including phenoxy) is 2. The summed E-state index contributed by atoms with van der Waals surface area (Å²) in [5, 5.41) is 13.1. The van der Waals surface area contributed by atoms with Crippen molar-refractivity contribution in [1.29, 1.82) is 0 Å². The van der Waals surface area contributed by atoms with E-state index in [4.69, 9.17) is 9.47 Å². The van der Waals surface area contributed by atoms with Gasteiger partial charge in [-0.05, 0) is 26.8 Å². The third kappa shape index (κ3) is 4.46. The molecule has 7 heteroatoms. The van der Waals surface area contributed by atoms with E-state index in [1.54, 1.807) is 20.8 Å². The Balaban J connectivity index is 2.89. The van der Waals surface area contributed by atoms with Gasteiger partial charge in [0, 0.05) is 6.07 Å². The average molecular weight is 268 g/mol. The molecule has 1 aromatic carbocycles. The molecule has 0 fully saturated rings. The Morgan fingerprint density at radius 2 is 2.00 bits per heavy atom. The van der Waals surface area contributed by atoms with Crippen LogP contribution in [0.1, 0.15) is 20.8 Å². The number of benzene rings is 1. The molecule has 0 bridgehead atoms. The van der Waals surface area contributed by atoms with Gasteiger partial charge in [-0.15, -0.1) is 0 Å². The minimum absolute atomic E-state index is 0.119. The number of nitrogens with zero attached hydrogens (tertiary/aromatic N) is 1. The minimum atomic E-state index is -0.653. The molecular formula is C12H16N2O5. The molecule has 0 radical (unpaired) electrons. The lowest BCUT2D eigenvalue weighted by Gasteiger charge is -2.20. The van der Waals surface area contributed by atoms with Crippen LogP contribution in [-0.2, 0) is 4.74 Å². The van der Waals surface area contributed by atoms with E-state index in [1.807, 2.05) is 0 Å². The minimum Gasteiger partial charge on any atom is -0.494 e. The number of anilines is 1. The number of carbonyl (C=O) groups is 1. The van der Waals surface area contributed by atoms with Crippen LogP contribution in [0.15, 0.2) is 18.2 Å². The predicted octanol–water partition coefficient (Wildman–Crippen LogP) is 2.95. The van der Waals surface area contributed by atoms with Crippen LogP contribution in [-0.4, -0.2) is 23.7 Å². The van der Waals surface area contributed by atoms with Gasteiger partial charge >= 0.3 is 6.09 Å². The molecule has 1 aromatic rings. The SMILES string of the molecule is COc1cc([N+](=O)[O-])ccc1NC(=O)OC(C)(C)C. The second-order valence-corrected chi connectivity index (χ2v) is 4.77. The lowest BCUT2D eigenvalue weighted by Crippen LogP contribution is -2.27. The van der Waals surface area contributed by atoms with Crippen molar-refractivity contribution in [3.8, 4) is 5.75 Å². The van der Waals surface area contributed by atoms with E-state index in [0.717, 1.165) is 0 Å². The Morgan fingerprint density at radius 1 is 1.37 bits per heavy atom. The van der Waals surface area contributed by atoms with Crippen LogP contribution in [0, 0.1) is 10.1 Å². The highest BCUT2D eigenvalue weighted by Gasteiger charge is 2.18. The third-order valence-electron chi connectivity index (χ3n) is 2.03. The molecule has 0 saturated carbocycles. The van der Waals surface area contributed by atoms with Gasteiger partial charge in [-0.25, -0.2) is 4.79 Å². The Bertz CT molecular complexity index is 493. The summed E-state index contributed by atoms with van der Waals surface area (Å²) in [5.41, 5.74) is -0.438. The highest BCUT2D eigenvalue weighted by molar-refractivity contribution is 5.87. The topological polar surface area (TPSA) is 90.7 Å². The van der Waals surface area contributed by atoms with Gasteiger partial charge in [-0.1, -0.05) is 0 Å². The first-order chi connectivity index (χ1) is 8.73. The number of amides is 1. The van der Waals surface area contributed by atoms with E-state index in [1.165, 1.54) is 25.3 Å². The van der Waals surface area contributed by atoms with Crippen molar-refractivity contribution < 1.29 is 19.2 Å². The Kier molecular flexibility index (Phi) is 4.31. The zero-order valence-electron chi connectivity index (χ0n) is 11.2. The van der Waals surface area contributed by atoms with Gasteiger partial charge in [-0.2, -0.15) is 0 Å². The van der Waals surface area contributed by atoms with Crippen LogP contribution >= 0.6 is 0 Å². The summed E-state index contributed by atoms with van der Waals surface area (Å²) in [4.78, 5) is 21.7. The Hall–Kier alpha value is -2.31. The van der Waals surface area contributed by atoms with Crippen LogP contribution in [0.25, 0.3) is 0 Å². The first-order valence-corrected chi connectivity index (χ1v) is 5.55.